The highest BCUT2D eigenvalue weighted by molar-refractivity contribution is 8.03. The van der Waals surface area contributed by atoms with Crippen molar-refractivity contribution in [2.75, 3.05) is 16.3 Å². The number of carbonyl (C=O) groups excluding carboxylic acids is 1. The highest BCUT2D eigenvalue weighted by Crippen LogP contribution is 2.59. The average Bonchev–Trinajstić information content (AvgIpc) is 3.28. The molecule has 3 aliphatic heterocycles. The van der Waals surface area contributed by atoms with Crippen LogP contribution < -0.4 is 15.5 Å². The molecule has 0 aromatic heterocycles. The van der Waals surface area contributed by atoms with E-state index in [4.69, 9.17) is 5.73 Å². The first-order valence-electron chi connectivity index (χ1n) is 10.1. The normalized spacial score (nSPS) is 21.2. The van der Waals surface area contributed by atoms with Crippen LogP contribution in [0.5, 0.6) is 0 Å². The third-order valence-corrected chi connectivity index (χ3v) is 7.25. The molecule has 7 heteroatoms. The molecule has 0 radical (unpaired) electrons. The predicted octanol–water partition coefficient (Wildman–Crippen LogP) is 4.13. The lowest BCUT2D eigenvalue weighted by molar-refractivity contribution is -0.120. The molecule has 0 bridgehead atoms. The molecule has 2 aromatic rings. The minimum atomic E-state index is -1.52. The van der Waals surface area contributed by atoms with Crippen LogP contribution in [0.3, 0.4) is 0 Å². The highest BCUT2D eigenvalue weighted by Gasteiger charge is 2.61. The van der Waals surface area contributed by atoms with Crippen molar-refractivity contribution in [3.8, 4) is 12.1 Å². The van der Waals surface area contributed by atoms with Gasteiger partial charge in [-0.2, -0.15) is 10.5 Å². The summed E-state index contributed by atoms with van der Waals surface area (Å²) in [5, 5.41) is 21.2. The minimum absolute atomic E-state index is 0.113. The zero-order chi connectivity index (χ0) is 21.8. The Morgan fingerprint density at radius 1 is 1.03 bits per heavy atom. The Balaban J connectivity index is 1.84. The van der Waals surface area contributed by atoms with Crippen LogP contribution in [0.1, 0.15) is 25.3 Å². The van der Waals surface area contributed by atoms with Crippen LogP contribution in [0.25, 0.3) is 0 Å². The first-order chi connectivity index (χ1) is 15.1. The Kier molecular flexibility index (Phi) is 4.32. The van der Waals surface area contributed by atoms with Crippen LogP contribution in [0.4, 0.5) is 11.4 Å². The first-order valence-corrected chi connectivity index (χ1v) is 11.0. The van der Waals surface area contributed by atoms with E-state index in [1.807, 2.05) is 48.5 Å². The highest BCUT2D eigenvalue weighted by atomic mass is 32.2. The van der Waals surface area contributed by atoms with Crippen LogP contribution in [-0.4, -0.2) is 12.5 Å². The van der Waals surface area contributed by atoms with E-state index >= 15 is 0 Å². The van der Waals surface area contributed by atoms with Crippen molar-refractivity contribution in [3.05, 3.63) is 76.1 Å². The predicted molar refractivity (Wildman–Crippen MR) is 120 cm³/mol. The fraction of sp³-hybridized carbons (Fsp3) is 0.208. The third kappa shape index (κ3) is 2.30. The number of thioether (sulfide) groups is 1. The second-order valence-corrected chi connectivity index (χ2v) is 8.68. The Labute approximate surface area is 184 Å². The summed E-state index contributed by atoms with van der Waals surface area (Å²) >= 11 is 1.41. The number of hydrogen-bond donors (Lipinski definition) is 1. The van der Waals surface area contributed by atoms with Crippen LogP contribution in [0, 0.1) is 22.7 Å². The van der Waals surface area contributed by atoms with Crippen molar-refractivity contribution in [2.45, 2.75) is 30.1 Å². The van der Waals surface area contributed by atoms with E-state index in [1.165, 1.54) is 11.8 Å². The second-order valence-electron chi connectivity index (χ2n) is 7.65. The van der Waals surface area contributed by atoms with Gasteiger partial charge in [0, 0.05) is 22.7 Å². The van der Waals surface area contributed by atoms with E-state index in [1.54, 1.807) is 9.80 Å². The van der Waals surface area contributed by atoms with Gasteiger partial charge in [0.1, 0.15) is 16.9 Å². The molecule has 0 saturated heterocycles. The molecule has 31 heavy (non-hydrogen) atoms. The number of nitriles is 2. The number of unbranched alkanes of at least 4 members (excludes halogenated alkanes) is 1. The van der Waals surface area contributed by atoms with Gasteiger partial charge in [-0.1, -0.05) is 55.4 Å². The largest absolute Gasteiger partial charge is 0.384 e. The van der Waals surface area contributed by atoms with Gasteiger partial charge in [-0.05, 0) is 24.6 Å². The van der Waals surface area contributed by atoms with E-state index in [2.05, 4.69) is 19.1 Å². The lowest BCUT2D eigenvalue weighted by atomic mass is 9.68. The smallest absolute Gasteiger partial charge is 0.248 e. The Morgan fingerprint density at radius 2 is 1.71 bits per heavy atom. The molecular weight excluding hydrogens is 406 g/mol. The van der Waals surface area contributed by atoms with Crippen molar-refractivity contribution in [3.63, 3.8) is 0 Å². The van der Waals surface area contributed by atoms with Crippen molar-refractivity contribution < 1.29 is 4.79 Å². The maximum Gasteiger partial charge on any atom is 0.248 e. The number of hydrogen-bond acceptors (Lipinski definition) is 6. The molecule has 1 amide bonds. The third-order valence-electron chi connectivity index (χ3n) is 6.10. The topological polar surface area (TPSA) is 97.2 Å². The fourth-order valence-corrected chi connectivity index (χ4v) is 5.93. The maximum atomic E-state index is 14.1. The Hall–Kier alpha value is -3.68. The van der Waals surface area contributed by atoms with Gasteiger partial charge in [0.25, 0.3) is 0 Å². The lowest BCUT2D eigenvalue weighted by Gasteiger charge is -2.37. The van der Waals surface area contributed by atoms with Gasteiger partial charge in [-0.25, -0.2) is 0 Å². The quantitative estimate of drug-likeness (QED) is 0.794. The zero-order valence-corrected chi connectivity index (χ0v) is 17.7. The molecule has 1 unspecified atom stereocenters. The number of nitrogens with two attached hydrogens (primary N) is 1. The van der Waals surface area contributed by atoms with E-state index < -0.39 is 5.41 Å². The summed E-state index contributed by atoms with van der Waals surface area (Å²) in [5.74, 6) is -0.0728. The van der Waals surface area contributed by atoms with Crippen molar-refractivity contribution in [1.82, 2.24) is 0 Å². The van der Waals surface area contributed by atoms with Gasteiger partial charge in [-0.15, -0.1) is 0 Å². The first kappa shape index (κ1) is 19.3. The Morgan fingerprint density at radius 3 is 2.42 bits per heavy atom. The number of para-hydroxylation sites is 2. The molecule has 3 heterocycles. The van der Waals surface area contributed by atoms with Crippen LogP contribution >= 0.6 is 11.8 Å². The number of nitrogens with zero attached hydrogens (tertiary/aromatic N) is 4. The summed E-state index contributed by atoms with van der Waals surface area (Å²) in [6.45, 7) is 2.59. The average molecular weight is 426 g/mol. The molecule has 2 aromatic carbocycles. The van der Waals surface area contributed by atoms with E-state index in [0.29, 0.717) is 17.1 Å². The molecule has 0 saturated carbocycles. The number of rotatable bonds is 3. The van der Waals surface area contributed by atoms with Crippen molar-refractivity contribution in [2.24, 2.45) is 5.73 Å². The van der Waals surface area contributed by atoms with Crippen LogP contribution in [0.2, 0.25) is 0 Å². The molecule has 1 atom stereocenters. The van der Waals surface area contributed by atoms with Crippen molar-refractivity contribution in [1.29, 1.82) is 10.5 Å². The van der Waals surface area contributed by atoms with E-state index in [-0.39, 0.29) is 22.9 Å². The van der Waals surface area contributed by atoms with Gasteiger partial charge < -0.3 is 10.6 Å². The summed E-state index contributed by atoms with van der Waals surface area (Å²) in [6.07, 6.45) is 1.75. The van der Waals surface area contributed by atoms with E-state index in [0.717, 1.165) is 29.1 Å². The summed E-state index contributed by atoms with van der Waals surface area (Å²) < 4.78 is 0. The monoisotopic (exact) mass is 425 g/mol. The molecular formula is C24H19N5OS. The summed E-state index contributed by atoms with van der Waals surface area (Å²) in [5.41, 5.74) is 7.64. The summed E-state index contributed by atoms with van der Waals surface area (Å²) in [4.78, 5) is 18.5. The van der Waals surface area contributed by atoms with Gasteiger partial charge in [0.05, 0.1) is 22.9 Å². The van der Waals surface area contributed by atoms with Crippen LogP contribution in [0.15, 0.2) is 75.4 Å². The molecule has 1 spiro atoms. The number of anilines is 2. The number of fused-ring (bicyclic) bond motifs is 5. The maximum absolute atomic E-state index is 14.1. The minimum Gasteiger partial charge on any atom is -0.384 e. The Bertz CT molecular complexity index is 1280. The number of carbonyl (C=O) groups is 1. The van der Waals surface area contributed by atoms with Crippen LogP contribution in [-0.2, 0) is 10.2 Å². The number of benzene rings is 2. The molecule has 0 fully saturated rings. The summed E-state index contributed by atoms with van der Waals surface area (Å²) in [6, 6.07) is 19.6. The van der Waals surface area contributed by atoms with Crippen molar-refractivity contribution >= 4 is 29.0 Å². The molecule has 6 nitrogen and oxygen atoms in total. The van der Waals surface area contributed by atoms with Gasteiger partial charge in [0.15, 0.2) is 5.41 Å². The number of amides is 1. The fourth-order valence-electron chi connectivity index (χ4n) is 4.73. The zero-order valence-electron chi connectivity index (χ0n) is 16.9. The van der Waals surface area contributed by atoms with E-state index in [9.17, 15) is 15.3 Å². The molecule has 152 valence electrons. The summed E-state index contributed by atoms with van der Waals surface area (Å²) in [7, 11) is 0. The lowest BCUT2D eigenvalue weighted by Crippen LogP contribution is -2.49. The second kappa shape index (κ2) is 6.94. The van der Waals surface area contributed by atoms with Gasteiger partial charge in [0.2, 0.25) is 5.91 Å². The molecule has 3 aliphatic rings. The molecule has 5 rings (SSSR count). The standard InChI is InChI=1S/C24H19N5OS/c1-2-3-12-28-18-9-5-4-8-15(18)24(23(28)30)16(13-25)21(27)29-19-10-6-7-11-20(19)31-22(29)17(24)14-26/h4-11H,2-3,12,27H2,1H3. The SMILES string of the molecule is CCCCN1C(=O)C2(C(C#N)=C(N)N3C(=C2C#N)Sc2ccccc23)c2ccccc21. The molecule has 0 aliphatic carbocycles. The molecule has 2 N–H and O–H groups in total. The van der Waals surface area contributed by atoms with Gasteiger partial charge >= 0.3 is 0 Å². The van der Waals surface area contributed by atoms with Gasteiger partial charge in [-0.3, -0.25) is 9.69 Å².